The van der Waals surface area contributed by atoms with Crippen LogP contribution in [0.1, 0.15) is 34.7 Å². The molecule has 1 aliphatic heterocycles. The molecule has 0 radical (unpaired) electrons. The highest BCUT2D eigenvalue weighted by Gasteiger charge is 2.21. The molecule has 19 heavy (non-hydrogen) atoms. The quantitative estimate of drug-likeness (QED) is 0.838. The zero-order valence-electron chi connectivity index (χ0n) is 11.9. The van der Waals surface area contributed by atoms with Gasteiger partial charge >= 0.3 is 5.97 Å². The molecule has 1 aromatic heterocycles. The van der Waals surface area contributed by atoms with Gasteiger partial charge in [-0.2, -0.15) is 0 Å². The molecule has 1 aliphatic rings. The molecule has 5 nitrogen and oxygen atoms in total. The van der Waals surface area contributed by atoms with Crippen molar-refractivity contribution in [2.24, 2.45) is 0 Å². The number of rotatable bonds is 4. The Morgan fingerprint density at radius 3 is 2.84 bits per heavy atom. The SMILES string of the molecule is COC(=O)c1cc(CN(C)C2CCNCC2)oc1C. The van der Waals surface area contributed by atoms with E-state index in [2.05, 4.69) is 17.3 Å². The van der Waals surface area contributed by atoms with Crippen LogP contribution in [0.2, 0.25) is 0 Å². The van der Waals surface area contributed by atoms with Crippen molar-refractivity contribution in [2.45, 2.75) is 32.4 Å². The number of esters is 1. The number of nitrogens with zero attached hydrogens (tertiary/aromatic N) is 1. The second kappa shape index (κ2) is 6.21. The fraction of sp³-hybridized carbons (Fsp3) is 0.643. The van der Waals surface area contributed by atoms with Crippen molar-refractivity contribution in [3.05, 3.63) is 23.2 Å². The van der Waals surface area contributed by atoms with Gasteiger partial charge in [-0.05, 0) is 46.0 Å². The van der Waals surface area contributed by atoms with E-state index in [9.17, 15) is 4.79 Å². The van der Waals surface area contributed by atoms with Gasteiger partial charge in [-0.3, -0.25) is 4.90 Å². The van der Waals surface area contributed by atoms with Crippen LogP contribution in [0.15, 0.2) is 10.5 Å². The van der Waals surface area contributed by atoms with Gasteiger partial charge in [0, 0.05) is 6.04 Å². The summed E-state index contributed by atoms with van der Waals surface area (Å²) in [5, 5.41) is 3.36. The van der Waals surface area contributed by atoms with Crippen molar-refractivity contribution >= 4 is 5.97 Å². The lowest BCUT2D eigenvalue weighted by Gasteiger charge is -2.30. The predicted octanol–water partition coefficient (Wildman–Crippen LogP) is 1.56. The Balaban J connectivity index is 2.00. The van der Waals surface area contributed by atoms with Crippen LogP contribution in [-0.4, -0.2) is 44.2 Å². The molecule has 0 atom stereocenters. The third-order valence-corrected chi connectivity index (χ3v) is 3.71. The van der Waals surface area contributed by atoms with Gasteiger partial charge < -0.3 is 14.5 Å². The number of carbonyl (C=O) groups excluding carboxylic acids is 1. The number of hydrogen-bond acceptors (Lipinski definition) is 5. The molecule has 5 heteroatoms. The van der Waals surface area contributed by atoms with E-state index in [0.29, 0.717) is 17.4 Å². The molecule has 0 bridgehead atoms. The molecular formula is C14H22N2O3. The number of aryl methyl sites for hydroxylation is 1. The molecule has 0 spiro atoms. The van der Waals surface area contributed by atoms with Crippen LogP contribution in [0.25, 0.3) is 0 Å². The molecule has 0 unspecified atom stereocenters. The Bertz CT molecular complexity index is 436. The summed E-state index contributed by atoms with van der Waals surface area (Å²) in [6, 6.07) is 2.37. The molecule has 1 fully saturated rings. The lowest BCUT2D eigenvalue weighted by atomic mass is 10.1. The molecule has 0 aliphatic carbocycles. The van der Waals surface area contributed by atoms with Gasteiger partial charge in [0.15, 0.2) is 0 Å². The summed E-state index contributed by atoms with van der Waals surface area (Å²) in [4.78, 5) is 13.8. The number of methoxy groups -OCH3 is 1. The lowest BCUT2D eigenvalue weighted by Crippen LogP contribution is -2.40. The molecule has 1 aromatic rings. The maximum atomic E-state index is 11.5. The van der Waals surface area contributed by atoms with Gasteiger partial charge in [-0.1, -0.05) is 0 Å². The highest BCUT2D eigenvalue weighted by Crippen LogP contribution is 2.19. The topological polar surface area (TPSA) is 54.7 Å². The van der Waals surface area contributed by atoms with Crippen LogP contribution in [0.5, 0.6) is 0 Å². The summed E-state index contributed by atoms with van der Waals surface area (Å²) in [5.41, 5.74) is 0.524. The van der Waals surface area contributed by atoms with Crippen LogP contribution in [0.4, 0.5) is 0 Å². The zero-order valence-corrected chi connectivity index (χ0v) is 11.9. The zero-order chi connectivity index (χ0) is 13.8. The second-order valence-corrected chi connectivity index (χ2v) is 5.07. The summed E-state index contributed by atoms with van der Waals surface area (Å²) in [5.74, 6) is 1.11. The summed E-state index contributed by atoms with van der Waals surface area (Å²) in [6.07, 6.45) is 2.31. The number of ether oxygens (including phenoxy) is 1. The minimum atomic E-state index is -0.336. The van der Waals surface area contributed by atoms with E-state index in [1.54, 1.807) is 13.0 Å². The summed E-state index contributed by atoms with van der Waals surface area (Å²) >= 11 is 0. The Morgan fingerprint density at radius 2 is 2.21 bits per heavy atom. The lowest BCUT2D eigenvalue weighted by molar-refractivity contribution is 0.0599. The third-order valence-electron chi connectivity index (χ3n) is 3.71. The number of hydrogen-bond donors (Lipinski definition) is 1. The summed E-state index contributed by atoms with van der Waals surface area (Å²) in [6.45, 7) is 4.65. The Labute approximate surface area is 113 Å². The second-order valence-electron chi connectivity index (χ2n) is 5.07. The van der Waals surface area contributed by atoms with E-state index in [4.69, 9.17) is 9.15 Å². The number of furan rings is 1. The van der Waals surface area contributed by atoms with Crippen molar-refractivity contribution in [3.8, 4) is 0 Å². The highest BCUT2D eigenvalue weighted by atomic mass is 16.5. The highest BCUT2D eigenvalue weighted by molar-refractivity contribution is 5.90. The predicted molar refractivity (Wildman–Crippen MR) is 72.1 cm³/mol. The first-order valence-corrected chi connectivity index (χ1v) is 6.70. The normalized spacial score (nSPS) is 16.8. The molecular weight excluding hydrogens is 244 g/mol. The van der Waals surface area contributed by atoms with Gasteiger partial charge in [0.25, 0.3) is 0 Å². The van der Waals surface area contributed by atoms with Gasteiger partial charge in [0.1, 0.15) is 17.1 Å². The van der Waals surface area contributed by atoms with Crippen LogP contribution in [-0.2, 0) is 11.3 Å². The van der Waals surface area contributed by atoms with Crippen molar-refractivity contribution < 1.29 is 13.9 Å². The Morgan fingerprint density at radius 1 is 1.53 bits per heavy atom. The van der Waals surface area contributed by atoms with E-state index in [0.717, 1.165) is 38.2 Å². The average molecular weight is 266 g/mol. The summed E-state index contributed by atoms with van der Waals surface area (Å²) in [7, 11) is 3.49. The van der Waals surface area contributed by atoms with E-state index in [1.807, 2.05) is 0 Å². The maximum Gasteiger partial charge on any atom is 0.341 e. The van der Waals surface area contributed by atoms with E-state index in [1.165, 1.54) is 7.11 Å². The molecule has 1 N–H and O–H groups in total. The monoisotopic (exact) mass is 266 g/mol. The van der Waals surface area contributed by atoms with Crippen LogP contribution in [0.3, 0.4) is 0 Å². The molecule has 106 valence electrons. The first kappa shape index (κ1) is 14.1. The fourth-order valence-corrected chi connectivity index (χ4v) is 2.56. The first-order chi connectivity index (χ1) is 9.11. The van der Waals surface area contributed by atoms with Crippen molar-refractivity contribution in [3.63, 3.8) is 0 Å². The Kier molecular flexibility index (Phi) is 4.61. The van der Waals surface area contributed by atoms with Crippen LogP contribution >= 0.6 is 0 Å². The van der Waals surface area contributed by atoms with Gasteiger partial charge in [-0.25, -0.2) is 4.79 Å². The number of nitrogens with one attached hydrogen (secondary N) is 1. The maximum absolute atomic E-state index is 11.5. The fourth-order valence-electron chi connectivity index (χ4n) is 2.56. The van der Waals surface area contributed by atoms with Crippen molar-refractivity contribution in [2.75, 3.05) is 27.2 Å². The van der Waals surface area contributed by atoms with Crippen molar-refractivity contribution in [1.82, 2.24) is 10.2 Å². The van der Waals surface area contributed by atoms with E-state index in [-0.39, 0.29) is 5.97 Å². The molecule has 2 heterocycles. The summed E-state index contributed by atoms with van der Waals surface area (Å²) < 4.78 is 10.4. The molecule has 0 amide bonds. The third kappa shape index (κ3) is 3.36. The van der Waals surface area contributed by atoms with Gasteiger partial charge in [0.2, 0.25) is 0 Å². The standard InChI is InChI=1S/C14H22N2O3/c1-10-13(14(17)18-3)8-12(19-10)9-16(2)11-4-6-15-7-5-11/h8,11,15H,4-7,9H2,1-3H3. The van der Waals surface area contributed by atoms with Crippen LogP contribution in [0, 0.1) is 6.92 Å². The molecule has 1 saturated heterocycles. The van der Waals surface area contributed by atoms with Gasteiger partial charge in [0.05, 0.1) is 13.7 Å². The average Bonchev–Trinajstić information content (AvgIpc) is 2.79. The number of piperidine rings is 1. The van der Waals surface area contributed by atoms with Crippen molar-refractivity contribution in [1.29, 1.82) is 0 Å². The molecule has 0 aromatic carbocycles. The van der Waals surface area contributed by atoms with Crippen LogP contribution < -0.4 is 5.32 Å². The Hall–Kier alpha value is -1.33. The smallest absolute Gasteiger partial charge is 0.341 e. The molecule has 2 rings (SSSR count). The van der Waals surface area contributed by atoms with E-state index >= 15 is 0 Å². The largest absolute Gasteiger partial charge is 0.465 e. The first-order valence-electron chi connectivity index (χ1n) is 6.70. The number of carbonyl (C=O) groups is 1. The minimum Gasteiger partial charge on any atom is -0.465 e. The molecule has 0 saturated carbocycles. The van der Waals surface area contributed by atoms with E-state index < -0.39 is 0 Å². The minimum absolute atomic E-state index is 0.336. The van der Waals surface area contributed by atoms with Gasteiger partial charge in [-0.15, -0.1) is 0 Å².